The van der Waals surface area contributed by atoms with Crippen LogP contribution in [0.15, 0.2) is 36.4 Å². The van der Waals surface area contributed by atoms with Crippen LogP contribution in [0.5, 0.6) is 0 Å². The summed E-state index contributed by atoms with van der Waals surface area (Å²) in [5.41, 5.74) is -0.00494. The molecule has 1 fully saturated rings. The van der Waals surface area contributed by atoms with Crippen molar-refractivity contribution in [2.75, 3.05) is 18.4 Å². The molecular weight excluding hydrogens is 333 g/mol. The van der Waals surface area contributed by atoms with Crippen molar-refractivity contribution in [2.45, 2.75) is 12.8 Å². The molecule has 3 rings (SSSR count). The number of hydrogen-bond donors (Lipinski definition) is 1. The number of likely N-dealkylation sites (tertiary alicyclic amines) is 1. The van der Waals surface area contributed by atoms with Gasteiger partial charge in [-0.1, -0.05) is 6.07 Å². The van der Waals surface area contributed by atoms with Crippen molar-refractivity contribution in [3.63, 3.8) is 0 Å². The van der Waals surface area contributed by atoms with E-state index >= 15 is 0 Å². The Labute approximate surface area is 142 Å². The smallest absolute Gasteiger partial charge is 0.255 e. The van der Waals surface area contributed by atoms with Crippen LogP contribution >= 0.6 is 0 Å². The predicted molar refractivity (Wildman–Crippen MR) is 85.8 cm³/mol. The second-order valence-corrected chi connectivity index (χ2v) is 5.76. The van der Waals surface area contributed by atoms with Crippen LogP contribution in [0, 0.1) is 17.5 Å². The lowest BCUT2D eigenvalue weighted by Gasteiger charge is -2.15. The zero-order chi connectivity index (χ0) is 18.0. The van der Waals surface area contributed by atoms with E-state index in [1.54, 1.807) is 17.0 Å². The first-order valence-electron chi connectivity index (χ1n) is 7.81. The average molecular weight is 348 g/mol. The molecule has 0 aromatic heterocycles. The SMILES string of the molecule is O=C(Nc1ccc(F)c(F)c1F)c1cccc(C(=O)N2CCCC2)c1. The number of hydrogen-bond acceptors (Lipinski definition) is 2. The van der Waals surface area contributed by atoms with Gasteiger partial charge in [0.2, 0.25) is 0 Å². The summed E-state index contributed by atoms with van der Waals surface area (Å²) in [6, 6.07) is 7.64. The first-order chi connectivity index (χ1) is 12.0. The third-order valence-corrected chi connectivity index (χ3v) is 4.05. The third-order valence-electron chi connectivity index (χ3n) is 4.05. The van der Waals surface area contributed by atoms with Gasteiger partial charge in [0.15, 0.2) is 17.5 Å². The molecule has 0 saturated carbocycles. The van der Waals surface area contributed by atoms with E-state index in [1.165, 1.54) is 12.1 Å². The van der Waals surface area contributed by atoms with E-state index in [4.69, 9.17) is 0 Å². The quantitative estimate of drug-likeness (QED) is 0.862. The van der Waals surface area contributed by atoms with Gasteiger partial charge in [-0.05, 0) is 43.2 Å². The van der Waals surface area contributed by atoms with E-state index in [9.17, 15) is 22.8 Å². The minimum absolute atomic E-state index is 0.120. The van der Waals surface area contributed by atoms with Gasteiger partial charge in [-0.15, -0.1) is 0 Å². The maximum absolute atomic E-state index is 13.7. The zero-order valence-corrected chi connectivity index (χ0v) is 13.2. The minimum atomic E-state index is -1.66. The van der Waals surface area contributed by atoms with Gasteiger partial charge in [-0.3, -0.25) is 9.59 Å². The summed E-state index contributed by atoms with van der Waals surface area (Å²) in [7, 11) is 0. The number of carbonyl (C=O) groups is 2. The molecule has 0 unspecified atom stereocenters. The fourth-order valence-electron chi connectivity index (χ4n) is 2.71. The molecule has 1 heterocycles. The van der Waals surface area contributed by atoms with Gasteiger partial charge < -0.3 is 10.2 Å². The molecule has 2 aromatic carbocycles. The number of rotatable bonds is 3. The number of anilines is 1. The summed E-state index contributed by atoms with van der Waals surface area (Å²) in [6.07, 6.45) is 1.89. The molecule has 1 aliphatic heterocycles. The van der Waals surface area contributed by atoms with Crippen LogP contribution < -0.4 is 5.32 Å². The molecular formula is C18H15F3N2O2. The Kier molecular flexibility index (Phi) is 4.74. The highest BCUT2D eigenvalue weighted by atomic mass is 19.2. The molecule has 130 valence electrons. The van der Waals surface area contributed by atoms with E-state index in [0.29, 0.717) is 18.7 Å². The number of nitrogens with zero attached hydrogens (tertiary/aromatic N) is 1. The van der Waals surface area contributed by atoms with Gasteiger partial charge in [-0.2, -0.15) is 0 Å². The van der Waals surface area contributed by atoms with Crippen molar-refractivity contribution in [1.29, 1.82) is 0 Å². The van der Waals surface area contributed by atoms with Crippen LogP contribution in [0.3, 0.4) is 0 Å². The highest BCUT2D eigenvalue weighted by Crippen LogP contribution is 2.21. The first kappa shape index (κ1) is 17.0. The molecule has 0 bridgehead atoms. The Morgan fingerprint density at radius 3 is 2.32 bits per heavy atom. The molecule has 0 radical (unpaired) electrons. The highest BCUT2D eigenvalue weighted by Gasteiger charge is 2.21. The van der Waals surface area contributed by atoms with Crippen LogP contribution in [-0.4, -0.2) is 29.8 Å². The minimum Gasteiger partial charge on any atom is -0.339 e. The van der Waals surface area contributed by atoms with Crippen LogP contribution in [0.2, 0.25) is 0 Å². The van der Waals surface area contributed by atoms with Crippen LogP contribution in [0.1, 0.15) is 33.6 Å². The van der Waals surface area contributed by atoms with Gasteiger partial charge in [0, 0.05) is 24.2 Å². The van der Waals surface area contributed by atoms with Crippen LogP contribution in [-0.2, 0) is 0 Å². The normalized spacial score (nSPS) is 13.8. The summed E-state index contributed by atoms with van der Waals surface area (Å²) in [5.74, 6) is -5.37. The summed E-state index contributed by atoms with van der Waals surface area (Å²) >= 11 is 0. The number of nitrogens with one attached hydrogen (secondary N) is 1. The summed E-state index contributed by atoms with van der Waals surface area (Å²) in [4.78, 5) is 26.3. The molecule has 0 aliphatic carbocycles. The maximum Gasteiger partial charge on any atom is 0.255 e. The topological polar surface area (TPSA) is 49.4 Å². The molecule has 2 aromatic rings. The monoisotopic (exact) mass is 348 g/mol. The number of benzene rings is 2. The van der Waals surface area contributed by atoms with E-state index in [1.807, 2.05) is 0 Å². The van der Waals surface area contributed by atoms with Gasteiger partial charge in [0.1, 0.15) is 0 Å². The van der Waals surface area contributed by atoms with Crippen molar-refractivity contribution < 1.29 is 22.8 Å². The third kappa shape index (κ3) is 3.50. The number of amides is 2. The molecule has 1 saturated heterocycles. The van der Waals surface area contributed by atoms with Crippen molar-refractivity contribution in [3.05, 3.63) is 65.0 Å². The van der Waals surface area contributed by atoms with E-state index in [-0.39, 0.29) is 11.5 Å². The van der Waals surface area contributed by atoms with E-state index < -0.39 is 29.0 Å². The molecule has 0 atom stereocenters. The molecule has 1 N–H and O–H groups in total. The lowest BCUT2D eigenvalue weighted by molar-refractivity contribution is 0.0793. The molecule has 7 heteroatoms. The molecule has 1 aliphatic rings. The van der Waals surface area contributed by atoms with Crippen molar-refractivity contribution in [1.82, 2.24) is 4.90 Å². The summed E-state index contributed by atoms with van der Waals surface area (Å²) < 4.78 is 39.8. The Balaban J connectivity index is 1.80. The second kappa shape index (κ2) is 6.96. The molecule has 4 nitrogen and oxygen atoms in total. The van der Waals surface area contributed by atoms with Gasteiger partial charge in [0.25, 0.3) is 11.8 Å². The fourth-order valence-corrected chi connectivity index (χ4v) is 2.71. The lowest BCUT2D eigenvalue weighted by Crippen LogP contribution is -2.27. The summed E-state index contributed by atoms with van der Waals surface area (Å²) in [6.45, 7) is 1.35. The molecule has 25 heavy (non-hydrogen) atoms. The Morgan fingerprint density at radius 1 is 0.920 bits per heavy atom. The van der Waals surface area contributed by atoms with Gasteiger partial charge in [0.05, 0.1) is 5.69 Å². The largest absolute Gasteiger partial charge is 0.339 e. The summed E-state index contributed by atoms with van der Waals surface area (Å²) in [5, 5.41) is 2.18. The second-order valence-electron chi connectivity index (χ2n) is 5.76. The van der Waals surface area contributed by atoms with Crippen molar-refractivity contribution in [3.8, 4) is 0 Å². The maximum atomic E-state index is 13.7. The van der Waals surface area contributed by atoms with Crippen molar-refractivity contribution in [2.24, 2.45) is 0 Å². The standard InChI is InChI=1S/C18H15F3N2O2/c19-13-6-7-14(16(21)15(13)20)22-17(24)11-4-3-5-12(10-11)18(25)23-8-1-2-9-23/h3-7,10H,1-2,8-9H2,(H,22,24). The fraction of sp³-hybridized carbons (Fsp3) is 0.222. The average Bonchev–Trinajstić information content (AvgIpc) is 3.16. The number of carbonyl (C=O) groups excluding carboxylic acids is 2. The Hall–Kier alpha value is -2.83. The first-order valence-corrected chi connectivity index (χ1v) is 7.81. The molecule has 2 amide bonds. The Bertz CT molecular complexity index is 833. The van der Waals surface area contributed by atoms with E-state index in [2.05, 4.69) is 5.32 Å². The lowest BCUT2D eigenvalue weighted by atomic mass is 10.1. The zero-order valence-electron chi connectivity index (χ0n) is 13.2. The predicted octanol–water partition coefficient (Wildman–Crippen LogP) is 3.59. The van der Waals surface area contributed by atoms with Gasteiger partial charge in [-0.25, -0.2) is 13.2 Å². The van der Waals surface area contributed by atoms with Gasteiger partial charge >= 0.3 is 0 Å². The Morgan fingerprint density at radius 2 is 1.60 bits per heavy atom. The van der Waals surface area contributed by atoms with E-state index in [0.717, 1.165) is 25.0 Å². The number of halogens is 3. The highest BCUT2D eigenvalue weighted by molar-refractivity contribution is 6.06. The van der Waals surface area contributed by atoms with Crippen LogP contribution in [0.4, 0.5) is 18.9 Å². The van der Waals surface area contributed by atoms with Crippen LogP contribution in [0.25, 0.3) is 0 Å². The molecule has 0 spiro atoms. The van der Waals surface area contributed by atoms with Crippen molar-refractivity contribution >= 4 is 17.5 Å².